The van der Waals surface area contributed by atoms with Crippen LogP contribution in [0, 0.1) is 18.3 Å². The molecule has 0 radical (unpaired) electrons. The Morgan fingerprint density at radius 1 is 1.03 bits per heavy atom. The van der Waals surface area contributed by atoms with Gasteiger partial charge in [-0.05, 0) is 31.2 Å². The van der Waals surface area contributed by atoms with Gasteiger partial charge in [-0.1, -0.05) is 29.8 Å². The number of nitrogens with zero attached hydrogens (tertiary/aromatic N) is 3. The minimum atomic E-state index is -3.90. The minimum Gasteiger partial charge on any atom is -0.456 e. The number of para-hydroxylation sites is 2. The van der Waals surface area contributed by atoms with Gasteiger partial charge in [0.1, 0.15) is 24.0 Å². The number of esters is 1. The molecule has 0 spiro atoms. The molecule has 0 aliphatic carbocycles. The molecule has 2 aromatic rings. The number of sulfonamides is 1. The Hall–Kier alpha value is -3.68. The molecule has 1 N–H and O–H groups in total. The third-order valence-corrected chi connectivity index (χ3v) is 6.37. The van der Waals surface area contributed by atoms with Crippen molar-refractivity contribution in [3.63, 3.8) is 0 Å². The molecule has 1 heterocycles. The smallest absolute Gasteiger partial charge is 0.321 e. The van der Waals surface area contributed by atoms with Crippen LogP contribution in [0.4, 0.5) is 11.4 Å². The molecule has 0 bridgehead atoms. The largest absolute Gasteiger partial charge is 0.456 e. The number of aryl methyl sites for hydroxylation is 1. The van der Waals surface area contributed by atoms with E-state index in [-0.39, 0.29) is 10.5 Å². The van der Waals surface area contributed by atoms with Gasteiger partial charge in [0, 0.05) is 14.1 Å². The van der Waals surface area contributed by atoms with Gasteiger partial charge >= 0.3 is 5.97 Å². The Kier molecular flexibility index (Phi) is 6.62. The quantitative estimate of drug-likeness (QED) is 0.381. The monoisotopic (exact) mass is 454 g/mol. The number of ketones is 1. The number of fused-ring (bicyclic) bond motifs is 1. The van der Waals surface area contributed by atoms with E-state index in [1.165, 1.54) is 12.1 Å². The average Bonchev–Trinajstić information content (AvgIpc) is 3.03. The van der Waals surface area contributed by atoms with Crippen LogP contribution in [0.1, 0.15) is 5.56 Å². The van der Waals surface area contributed by atoms with Crippen molar-refractivity contribution in [3.8, 4) is 6.07 Å². The summed E-state index contributed by atoms with van der Waals surface area (Å²) in [4.78, 5) is 28.0. The van der Waals surface area contributed by atoms with E-state index < -0.39 is 34.9 Å². The van der Waals surface area contributed by atoms with E-state index in [0.29, 0.717) is 5.82 Å². The first-order chi connectivity index (χ1) is 15.2. The van der Waals surface area contributed by atoms with Gasteiger partial charge in [0.05, 0.1) is 16.3 Å². The molecule has 3 rings (SSSR count). The standard InChI is InChI=1S/C22H22N4O5S/c1-15-8-10-16(11-9-15)32(29,30)24-13-21(28)31-14-20(27)17(12-23)22-25(2)18-6-4-5-7-19(18)26(22)3/h4-11,24H,13-14H2,1-3H3. The van der Waals surface area contributed by atoms with Crippen LogP contribution in [-0.2, 0) is 24.3 Å². The fourth-order valence-corrected chi connectivity index (χ4v) is 4.25. The van der Waals surface area contributed by atoms with Crippen molar-refractivity contribution < 1.29 is 22.7 Å². The van der Waals surface area contributed by atoms with Crippen molar-refractivity contribution in [1.29, 1.82) is 5.26 Å². The predicted molar refractivity (Wildman–Crippen MR) is 118 cm³/mol. The molecule has 2 aromatic carbocycles. The molecule has 0 unspecified atom stereocenters. The van der Waals surface area contributed by atoms with Crippen LogP contribution in [0.25, 0.3) is 0 Å². The number of nitrogens with one attached hydrogen (secondary N) is 1. The van der Waals surface area contributed by atoms with Crippen LogP contribution in [-0.4, -0.2) is 47.4 Å². The topological polar surface area (TPSA) is 120 Å². The first kappa shape index (κ1) is 23.0. The number of ether oxygens (including phenoxy) is 1. The molecule has 1 aliphatic rings. The highest BCUT2D eigenvalue weighted by molar-refractivity contribution is 7.89. The van der Waals surface area contributed by atoms with Crippen LogP contribution in [0.2, 0.25) is 0 Å². The summed E-state index contributed by atoms with van der Waals surface area (Å²) >= 11 is 0. The summed E-state index contributed by atoms with van der Waals surface area (Å²) < 4.78 is 31.5. The third kappa shape index (κ3) is 4.64. The molecule has 0 saturated heterocycles. The predicted octanol–water partition coefficient (Wildman–Crippen LogP) is 1.71. The normalized spacial score (nSPS) is 12.9. The molecule has 0 saturated carbocycles. The van der Waals surface area contributed by atoms with E-state index in [2.05, 4.69) is 4.72 Å². The molecule has 9 nitrogen and oxygen atoms in total. The number of hydrogen-bond acceptors (Lipinski definition) is 8. The molecule has 0 amide bonds. The van der Waals surface area contributed by atoms with E-state index in [1.54, 1.807) is 36.0 Å². The number of anilines is 2. The highest BCUT2D eigenvalue weighted by atomic mass is 32.2. The maximum absolute atomic E-state index is 12.6. The second-order valence-electron chi connectivity index (χ2n) is 7.14. The lowest BCUT2D eigenvalue weighted by Crippen LogP contribution is -2.32. The third-order valence-electron chi connectivity index (χ3n) is 4.96. The van der Waals surface area contributed by atoms with Gasteiger partial charge in [0.2, 0.25) is 15.8 Å². The number of benzene rings is 2. The summed E-state index contributed by atoms with van der Waals surface area (Å²) in [6.07, 6.45) is 0. The second kappa shape index (κ2) is 9.21. The molecule has 0 fully saturated rings. The van der Waals surface area contributed by atoms with Gasteiger partial charge in [-0.25, -0.2) is 8.42 Å². The summed E-state index contributed by atoms with van der Waals surface area (Å²) in [7, 11) is -0.440. The highest BCUT2D eigenvalue weighted by Crippen LogP contribution is 2.40. The van der Waals surface area contributed by atoms with E-state index in [9.17, 15) is 23.3 Å². The van der Waals surface area contributed by atoms with Crippen molar-refractivity contribution in [2.24, 2.45) is 0 Å². The SMILES string of the molecule is Cc1ccc(S(=O)(=O)NCC(=O)OCC(=O)C(C#N)=C2N(C)c3ccccc3N2C)cc1. The number of carbonyl (C=O) groups is 2. The molecular weight excluding hydrogens is 432 g/mol. The number of Topliss-reactive ketones (excluding diaryl/α,β-unsaturated/α-hetero) is 1. The lowest BCUT2D eigenvalue weighted by Gasteiger charge is -2.19. The number of nitriles is 1. The van der Waals surface area contributed by atoms with Gasteiger partial charge in [-0.15, -0.1) is 0 Å². The van der Waals surface area contributed by atoms with Crippen LogP contribution in [0.3, 0.4) is 0 Å². The Labute approximate surface area is 186 Å². The zero-order chi connectivity index (χ0) is 23.5. The maximum Gasteiger partial charge on any atom is 0.321 e. The first-order valence-corrected chi connectivity index (χ1v) is 11.1. The molecule has 0 atom stereocenters. The number of hydrogen-bond donors (Lipinski definition) is 1. The van der Waals surface area contributed by atoms with Crippen molar-refractivity contribution in [1.82, 2.24) is 4.72 Å². The van der Waals surface area contributed by atoms with Crippen LogP contribution in [0.15, 0.2) is 64.8 Å². The Morgan fingerprint density at radius 3 is 2.12 bits per heavy atom. The van der Waals surface area contributed by atoms with Crippen molar-refractivity contribution in [2.75, 3.05) is 37.0 Å². The van der Waals surface area contributed by atoms with Crippen molar-refractivity contribution in [3.05, 3.63) is 65.5 Å². The van der Waals surface area contributed by atoms with E-state index in [4.69, 9.17) is 4.74 Å². The molecule has 0 aromatic heterocycles. The molecular formula is C22H22N4O5S. The van der Waals surface area contributed by atoms with Crippen LogP contribution < -0.4 is 14.5 Å². The first-order valence-electron chi connectivity index (χ1n) is 9.61. The van der Waals surface area contributed by atoms with Gasteiger partial charge < -0.3 is 14.5 Å². The Morgan fingerprint density at radius 2 is 1.59 bits per heavy atom. The van der Waals surface area contributed by atoms with Crippen molar-refractivity contribution in [2.45, 2.75) is 11.8 Å². The van der Waals surface area contributed by atoms with Gasteiger partial charge in [0.25, 0.3) is 0 Å². The second-order valence-corrected chi connectivity index (χ2v) is 8.91. The Balaban J connectivity index is 1.63. The highest BCUT2D eigenvalue weighted by Gasteiger charge is 2.31. The lowest BCUT2D eigenvalue weighted by atomic mass is 10.2. The molecule has 32 heavy (non-hydrogen) atoms. The van der Waals surface area contributed by atoms with Crippen molar-refractivity contribution >= 4 is 33.2 Å². The number of rotatable bonds is 7. The van der Waals surface area contributed by atoms with Gasteiger partial charge in [-0.2, -0.15) is 9.98 Å². The van der Waals surface area contributed by atoms with Gasteiger partial charge in [0.15, 0.2) is 6.61 Å². The fraction of sp³-hybridized carbons (Fsp3) is 0.227. The maximum atomic E-state index is 12.6. The molecule has 1 aliphatic heterocycles. The number of carbonyl (C=O) groups excluding carboxylic acids is 2. The summed E-state index contributed by atoms with van der Waals surface area (Å²) in [5, 5.41) is 9.58. The molecule has 166 valence electrons. The summed E-state index contributed by atoms with van der Waals surface area (Å²) in [5.74, 6) is -1.26. The molecule has 10 heteroatoms. The summed E-state index contributed by atoms with van der Waals surface area (Å²) in [5.41, 5.74) is 2.38. The fourth-order valence-electron chi connectivity index (χ4n) is 3.28. The van der Waals surface area contributed by atoms with Gasteiger partial charge in [-0.3, -0.25) is 9.59 Å². The van der Waals surface area contributed by atoms with E-state index in [0.717, 1.165) is 16.9 Å². The zero-order valence-corrected chi connectivity index (χ0v) is 18.6. The van der Waals surface area contributed by atoms with E-state index in [1.807, 2.05) is 37.3 Å². The zero-order valence-electron chi connectivity index (χ0n) is 17.8. The van der Waals surface area contributed by atoms with Crippen LogP contribution in [0.5, 0.6) is 0 Å². The summed E-state index contributed by atoms with van der Waals surface area (Å²) in [6, 6.07) is 15.4. The minimum absolute atomic E-state index is 0.00958. The lowest BCUT2D eigenvalue weighted by molar-refractivity contribution is -0.145. The van der Waals surface area contributed by atoms with Crippen LogP contribution >= 0.6 is 0 Å². The average molecular weight is 455 g/mol. The summed E-state index contributed by atoms with van der Waals surface area (Å²) in [6.45, 7) is 0.492. The van der Waals surface area contributed by atoms with E-state index >= 15 is 0 Å². The Bertz CT molecular complexity index is 1200.